The Bertz CT molecular complexity index is 637. The molecule has 1 aromatic heterocycles. The van der Waals surface area contributed by atoms with Crippen molar-refractivity contribution in [2.24, 2.45) is 0 Å². The first-order valence-corrected chi connectivity index (χ1v) is 7.24. The first kappa shape index (κ1) is 13.7. The number of H-pyrrole nitrogens is 1. The van der Waals surface area contributed by atoms with E-state index in [0.717, 1.165) is 25.1 Å². The third-order valence-electron chi connectivity index (χ3n) is 4.21. The molecule has 0 saturated carbocycles. The lowest BCUT2D eigenvalue weighted by Gasteiger charge is -2.32. The van der Waals surface area contributed by atoms with E-state index in [-0.39, 0.29) is 11.7 Å². The van der Waals surface area contributed by atoms with Gasteiger partial charge in [0.1, 0.15) is 5.75 Å². The zero-order chi connectivity index (χ0) is 14.8. The van der Waals surface area contributed by atoms with Gasteiger partial charge >= 0.3 is 0 Å². The zero-order valence-electron chi connectivity index (χ0n) is 12.0. The van der Waals surface area contributed by atoms with Crippen LogP contribution in [-0.2, 0) is 0 Å². The summed E-state index contributed by atoms with van der Waals surface area (Å²) in [5, 5.41) is 16.8. The van der Waals surface area contributed by atoms with Gasteiger partial charge in [-0.2, -0.15) is 5.10 Å². The first-order valence-electron chi connectivity index (χ1n) is 7.24. The molecular formula is C16H19N3O2. The minimum atomic E-state index is -0.00684. The maximum atomic E-state index is 12.7. The lowest BCUT2D eigenvalue weighted by atomic mass is 9.94. The van der Waals surface area contributed by atoms with Crippen molar-refractivity contribution in [3.63, 3.8) is 0 Å². The quantitative estimate of drug-likeness (QED) is 0.890. The molecule has 5 nitrogen and oxygen atoms in total. The van der Waals surface area contributed by atoms with Crippen molar-refractivity contribution in [1.29, 1.82) is 0 Å². The predicted octanol–water partition coefficient (Wildman–Crippen LogP) is 2.44. The molecule has 0 radical (unpaired) electrons. The molecule has 1 saturated heterocycles. The van der Waals surface area contributed by atoms with Gasteiger partial charge in [0.25, 0.3) is 5.91 Å². The summed E-state index contributed by atoms with van der Waals surface area (Å²) in [5.41, 5.74) is 2.31. The summed E-state index contributed by atoms with van der Waals surface area (Å²) >= 11 is 0. The fourth-order valence-electron chi connectivity index (χ4n) is 2.93. The highest BCUT2D eigenvalue weighted by Gasteiger charge is 2.27. The number of nitrogens with zero attached hydrogens (tertiary/aromatic N) is 2. The van der Waals surface area contributed by atoms with Gasteiger partial charge in [-0.25, -0.2) is 0 Å². The summed E-state index contributed by atoms with van der Waals surface area (Å²) in [4.78, 5) is 14.5. The van der Waals surface area contributed by atoms with Gasteiger partial charge in [0, 0.05) is 42.0 Å². The Morgan fingerprint density at radius 1 is 1.43 bits per heavy atom. The fourth-order valence-corrected chi connectivity index (χ4v) is 2.93. The standard InChI is InChI=1S/C16H19N3O2/c1-11-13(5-2-6-15(11)20)16(21)19-9-3-4-12(10-19)14-7-8-17-18-14/h2,5-8,12,20H,3-4,9-10H2,1H3,(H,17,18). The molecule has 1 amide bonds. The van der Waals surface area contributed by atoms with E-state index >= 15 is 0 Å². The van der Waals surface area contributed by atoms with Gasteiger partial charge in [0.2, 0.25) is 0 Å². The van der Waals surface area contributed by atoms with E-state index in [2.05, 4.69) is 10.2 Å². The highest BCUT2D eigenvalue weighted by Crippen LogP contribution is 2.28. The number of hydrogen-bond acceptors (Lipinski definition) is 3. The second-order valence-electron chi connectivity index (χ2n) is 5.55. The zero-order valence-corrected chi connectivity index (χ0v) is 12.0. The summed E-state index contributed by atoms with van der Waals surface area (Å²) in [5.74, 6) is 0.471. The molecule has 5 heteroatoms. The summed E-state index contributed by atoms with van der Waals surface area (Å²) in [7, 11) is 0. The Balaban J connectivity index is 1.80. The Morgan fingerprint density at radius 3 is 3.05 bits per heavy atom. The molecule has 0 spiro atoms. The van der Waals surface area contributed by atoms with Crippen LogP contribution < -0.4 is 0 Å². The second-order valence-corrected chi connectivity index (χ2v) is 5.55. The molecule has 3 rings (SSSR count). The molecule has 2 aromatic rings. The van der Waals surface area contributed by atoms with Crippen molar-refractivity contribution in [1.82, 2.24) is 15.1 Å². The van der Waals surface area contributed by atoms with E-state index in [9.17, 15) is 9.90 Å². The molecule has 2 heterocycles. The number of carbonyl (C=O) groups is 1. The molecule has 1 fully saturated rings. The molecule has 0 aliphatic carbocycles. The third-order valence-corrected chi connectivity index (χ3v) is 4.21. The Hall–Kier alpha value is -2.30. The number of phenols is 1. The maximum Gasteiger partial charge on any atom is 0.254 e. The van der Waals surface area contributed by atoms with Crippen LogP contribution in [0.4, 0.5) is 0 Å². The number of rotatable bonds is 2. The van der Waals surface area contributed by atoms with Crippen LogP contribution in [0.5, 0.6) is 5.75 Å². The van der Waals surface area contributed by atoms with Crippen molar-refractivity contribution in [3.05, 3.63) is 47.3 Å². The summed E-state index contributed by atoms with van der Waals surface area (Å²) in [6.45, 7) is 3.23. The van der Waals surface area contributed by atoms with Crippen molar-refractivity contribution in [2.45, 2.75) is 25.7 Å². The van der Waals surface area contributed by atoms with Gasteiger partial charge in [0.05, 0.1) is 0 Å². The number of hydrogen-bond donors (Lipinski definition) is 2. The predicted molar refractivity (Wildman–Crippen MR) is 79.3 cm³/mol. The van der Waals surface area contributed by atoms with Crippen LogP contribution in [0, 0.1) is 6.92 Å². The van der Waals surface area contributed by atoms with Crippen molar-refractivity contribution in [2.75, 3.05) is 13.1 Å². The summed E-state index contributed by atoms with van der Waals surface area (Å²) in [6, 6.07) is 7.07. The molecule has 1 aliphatic rings. The molecule has 1 unspecified atom stereocenters. The van der Waals surface area contributed by atoms with Crippen LogP contribution in [-0.4, -0.2) is 39.2 Å². The molecule has 0 bridgehead atoms. The number of aromatic hydroxyl groups is 1. The van der Waals surface area contributed by atoms with Gasteiger partial charge in [-0.1, -0.05) is 6.07 Å². The smallest absolute Gasteiger partial charge is 0.254 e. The third kappa shape index (κ3) is 2.63. The van der Waals surface area contributed by atoms with Gasteiger partial charge in [-0.15, -0.1) is 0 Å². The number of nitrogens with one attached hydrogen (secondary N) is 1. The molecule has 21 heavy (non-hydrogen) atoms. The molecule has 2 N–H and O–H groups in total. The first-order chi connectivity index (χ1) is 10.2. The minimum Gasteiger partial charge on any atom is -0.508 e. The number of aromatic nitrogens is 2. The highest BCUT2D eigenvalue weighted by molar-refractivity contribution is 5.96. The van der Waals surface area contributed by atoms with Crippen molar-refractivity contribution >= 4 is 5.91 Å². The molecule has 110 valence electrons. The second kappa shape index (κ2) is 5.60. The van der Waals surface area contributed by atoms with Crippen LogP contribution in [0.15, 0.2) is 30.5 Å². The van der Waals surface area contributed by atoms with E-state index in [1.165, 1.54) is 0 Å². The van der Waals surface area contributed by atoms with Crippen LogP contribution >= 0.6 is 0 Å². The number of amides is 1. The number of aromatic amines is 1. The lowest BCUT2D eigenvalue weighted by molar-refractivity contribution is 0.0704. The SMILES string of the molecule is Cc1c(O)cccc1C(=O)N1CCCC(c2ccn[nH]2)C1. The number of phenolic OH excluding ortho intramolecular Hbond substituents is 1. The van der Waals surface area contributed by atoms with Crippen LogP contribution in [0.2, 0.25) is 0 Å². The van der Waals surface area contributed by atoms with Gasteiger partial charge in [-0.05, 0) is 38.0 Å². The number of carbonyl (C=O) groups excluding carboxylic acids is 1. The van der Waals surface area contributed by atoms with Crippen molar-refractivity contribution < 1.29 is 9.90 Å². The average molecular weight is 285 g/mol. The van der Waals surface area contributed by atoms with Crippen LogP contribution in [0.1, 0.15) is 40.4 Å². The Morgan fingerprint density at radius 2 is 2.29 bits per heavy atom. The van der Waals surface area contributed by atoms with Crippen LogP contribution in [0.25, 0.3) is 0 Å². The monoisotopic (exact) mass is 285 g/mol. The van der Waals surface area contributed by atoms with Crippen LogP contribution in [0.3, 0.4) is 0 Å². The highest BCUT2D eigenvalue weighted by atomic mass is 16.3. The Kier molecular flexibility index (Phi) is 3.64. The van der Waals surface area contributed by atoms with Gasteiger partial charge < -0.3 is 10.0 Å². The van der Waals surface area contributed by atoms with Gasteiger partial charge in [0.15, 0.2) is 0 Å². The average Bonchev–Trinajstić information content (AvgIpc) is 3.04. The van der Waals surface area contributed by atoms with E-state index in [1.54, 1.807) is 31.3 Å². The number of piperidine rings is 1. The minimum absolute atomic E-state index is 0.00684. The van der Waals surface area contributed by atoms with E-state index in [4.69, 9.17) is 0 Å². The van der Waals surface area contributed by atoms with Crippen molar-refractivity contribution in [3.8, 4) is 5.75 Å². The topological polar surface area (TPSA) is 69.2 Å². The Labute approximate surface area is 123 Å². The maximum absolute atomic E-state index is 12.7. The molecular weight excluding hydrogens is 266 g/mol. The fraction of sp³-hybridized carbons (Fsp3) is 0.375. The molecule has 1 aliphatic heterocycles. The molecule has 1 aromatic carbocycles. The van der Waals surface area contributed by atoms with E-state index < -0.39 is 0 Å². The van der Waals surface area contributed by atoms with E-state index in [0.29, 0.717) is 23.6 Å². The number of likely N-dealkylation sites (tertiary alicyclic amines) is 1. The normalized spacial score (nSPS) is 18.7. The number of benzene rings is 1. The largest absolute Gasteiger partial charge is 0.508 e. The van der Waals surface area contributed by atoms with E-state index in [1.807, 2.05) is 11.0 Å². The van der Waals surface area contributed by atoms with Gasteiger partial charge in [-0.3, -0.25) is 9.89 Å². The lowest BCUT2D eigenvalue weighted by Crippen LogP contribution is -2.39. The summed E-state index contributed by atoms with van der Waals surface area (Å²) in [6.07, 6.45) is 3.79. The summed E-state index contributed by atoms with van der Waals surface area (Å²) < 4.78 is 0. The molecule has 1 atom stereocenters.